The number of ether oxygens (including phenoxy) is 1. The van der Waals surface area contributed by atoms with Crippen molar-refractivity contribution in [3.05, 3.63) is 0 Å². The third-order valence-electron chi connectivity index (χ3n) is 2.20. The van der Waals surface area contributed by atoms with Crippen molar-refractivity contribution in [2.24, 2.45) is 5.92 Å². The van der Waals surface area contributed by atoms with E-state index in [-0.39, 0.29) is 12.5 Å². The van der Waals surface area contributed by atoms with Crippen LogP contribution in [0.4, 0.5) is 0 Å². The van der Waals surface area contributed by atoms with Gasteiger partial charge in [0, 0.05) is 19.2 Å². The van der Waals surface area contributed by atoms with E-state index in [1.54, 1.807) is 6.92 Å². The molecule has 0 radical (unpaired) electrons. The zero-order valence-corrected chi connectivity index (χ0v) is 9.48. The van der Waals surface area contributed by atoms with Gasteiger partial charge in [0.25, 0.3) is 0 Å². The summed E-state index contributed by atoms with van der Waals surface area (Å²) in [5.41, 5.74) is 0. The molecule has 0 saturated carbocycles. The van der Waals surface area contributed by atoms with Crippen LogP contribution >= 0.6 is 7.37 Å². The van der Waals surface area contributed by atoms with Gasteiger partial charge in [-0.05, 0) is 0 Å². The van der Waals surface area contributed by atoms with Crippen LogP contribution in [0.15, 0.2) is 0 Å². The molecule has 4 atom stereocenters. The largest absolute Gasteiger partial charge is 0.394 e. The lowest BCUT2D eigenvalue weighted by Gasteiger charge is -2.22. The van der Waals surface area contributed by atoms with Crippen molar-refractivity contribution in [2.75, 3.05) is 19.9 Å². The summed E-state index contributed by atoms with van der Waals surface area (Å²) in [6.07, 6.45) is -2.05. The van der Waals surface area contributed by atoms with Crippen LogP contribution in [0.3, 0.4) is 0 Å². The molecule has 0 amide bonds. The molecule has 1 fully saturated rings. The molecular weight excluding hydrogens is 207 g/mol. The van der Waals surface area contributed by atoms with E-state index in [1.807, 2.05) is 0 Å². The lowest BCUT2D eigenvalue weighted by atomic mass is 10.0. The Labute approximate surface area is 83.5 Å². The molecule has 14 heavy (non-hydrogen) atoms. The molecule has 1 aliphatic heterocycles. The van der Waals surface area contributed by atoms with E-state index in [0.717, 1.165) is 0 Å². The summed E-state index contributed by atoms with van der Waals surface area (Å²) in [7, 11) is -2.63. The predicted molar refractivity (Wildman–Crippen MR) is 51.5 cm³/mol. The number of aliphatic hydroxyl groups excluding tert-OH is 2. The van der Waals surface area contributed by atoms with Crippen molar-refractivity contribution in [3.8, 4) is 0 Å². The van der Waals surface area contributed by atoms with Crippen molar-refractivity contribution in [1.29, 1.82) is 0 Å². The topological polar surface area (TPSA) is 76.0 Å². The van der Waals surface area contributed by atoms with Crippen LogP contribution < -0.4 is 0 Å². The highest BCUT2D eigenvalue weighted by atomic mass is 31.2. The minimum absolute atomic E-state index is 0.244. The highest BCUT2D eigenvalue weighted by Crippen LogP contribution is 2.44. The first-order valence-corrected chi connectivity index (χ1v) is 7.05. The Bertz CT molecular complexity index is 238. The Balaban J connectivity index is 2.69. The average molecular weight is 224 g/mol. The normalized spacial score (nSPS) is 38.9. The highest BCUT2D eigenvalue weighted by molar-refractivity contribution is 7.57. The fraction of sp³-hybridized carbons (Fsp3) is 1.00. The van der Waals surface area contributed by atoms with Gasteiger partial charge in [-0.3, -0.25) is 4.57 Å². The van der Waals surface area contributed by atoms with E-state index in [2.05, 4.69) is 0 Å². The summed E-state index contributed by atoms with van der Waals surface area (Å²) in [6, 6.07) is 0. The van der Waals surface area contributed by atoms with Crippen molar-refractivity contribution in [2.45, 2.75) is 25.4 Å². The maximum absolute atomic E-state index is 11.4. The van der Waals surface area contributed by atoms with E-state index in [0.29, 0.717) is 0 Å². The summed E-state index contributed by atoms with van der Waals surface area (Å²) in [6.45, 7) is 4.49. The Morgan fingerprint density at radius 1 is 1.50 bits per heavy atom. The Hall–Kier alpha value is 0.0700. The fourth-order valence-corrected chi connectivity index (χ4v) is 2.40. The lowest BCUT2D eigenvalue weighted by Crippen LogP contribution is -2.30. The molecule has 6 heteroatoms. The molecule has 1 rings (SSSR count). The molecule has 1 unspecified atom stereocenters. The van der Waals surface area contributed by atoms with E-state index in [1.165, 1.54) is 13.3 Å². The monoisotopic (exact) mass is 224 g/mol. The number of hydrogen-bond acceptors (Lipinski definition) is 5. The summed E-state index contributed by atoms with van der Waals surface area (Å²) >= 11 is 0. The third kappa shape index (κ3) is 2.78. The summed E-state index contributed by atoms with van der Waals surface area (Å²) in [4.78, 5) is 0. The van der Waals surface area contributed by atoms with Crippen LogP contribution in [-0.4, -0.2) is 48.6 Å². The maximum Gasteiger partial charge on any atom is 0.197 e. The van der Waals surface area contributed by atoms with Crippen molar-refractivity contribution in [1.82, 2.24) is 0 Å². The van der Waals surface area contributed by atoms with Crippen LogP contribution in [0, 0.1) is 5.92 Å². The first-order chi connectivity index (χ1) is 6.35. The zero-order valence-electron chi connectivity index (χ0n) is 8.58. The second kappa shape index (κ2) is 4.29. The second-order valence-corrected chi connectivity index (χ2v) is 6.64. The molecule has 1 heterocycles. The van der Waals surface area contributed by atoms with Gasteiger partial charge in [-0.15, -0.1) is 0 Å². The summed E-state index contributed by atoms with van der Waals surface area (Å²) in [5, 5.41) is 18.3. The summed E-state index contributed by atoms with van der Waals surface area (Å²) in [5.74, 6) is -0.277. The molecule has 0 bridgehead atoms. The second-order valence-electron chi connectivity index (χ2n) is 3.93. The molecule has 0 aliphatic carbocycles. The van der Waals surface area contributed by atoms with Gasteiger partial charge in [0.2, 0.25) is 0 Å². The molecule has 0 aromatic carbocycles. The van der Waals surface area contributed by atoms with Gasteiger partial charge in [-0.25, -0.2) is 0 Å². The van der Waals surface area contributed by atoms with Crippen LogP contribution in [0.5, 0.6) is 0 Å². The van der Waals surface area contributed by atoms with Gasteiger partial charge in [-0.2, -0.15) is 0 Å². The Kier molecular flexibility index (Phi) is 3.72. The van der Waals surface area contributed by atoms with Crippen LogP contribution in [0.1, 0.15) is 6.92 Å². The summed E-state index contributed by atoms with van der Waals surface area (Å²) < 4.78 is 21.8. The average Bonchev–Trinajstić information content (AvgIpc) is 2.30. The molecule has 0 aromatic heterocycles. The predicted octanol–water partition coefficient (Wildman–Crippen LogP) is 0.255. The van der Waals surface area contributed by atoms with E-state index < -0.39 is 25.9 Å². The van der Waals surface area contributed by atoms with Crippen LogP contribution in [-0.2, 0) is 13.8 Å². The number of aliphatic hydroxyl groups is 2. The first-order valence-electron chi connectivity index (χ1n) is 4.53. The molecule has 0 spiro atoms. The molecule has 5 nitrogen and oxygen atoms in total. The highest BCUT2D eigenvalue weighted by Gasteiger charge is 2.43. The number of hydrogen-bond donors (Lipinski definition) is 2. The third-order valence-corrected chi connectivity index (χ3v) is 2.96. The first kappa shape index (κ1) is 12.1. The van der Waals surface area contributed by atoms with Crippen molar-refractivity contribution < 1.29 is 24.0 Å². The minimum Gasteiger partial charge on any atom is -0.394 e. The molecular formula is C8H17O5P. The zero-order chi connectivity index (χ0) is 10.9. The van der Waals surface area contributed by atoms with Gasteiger partial charge >= 0.3 is 0 Å². The Morgan fingerprint density at radius 2 is 2.07 bits per heavy atom. The smallest absolute Gasteiger partial charge is 0.197 e. The van der Waals surface area contributed by atoms with Gasteiger partial charge in [0.1, 0.15) is 12.2 Å². The van der Waals surface area contributed by atoms with Gasteiger partial charge < -0.3 is 19.5 Å². The Morgan fingerprint density at radius 3 is 2.50 bits per heavy atom. The standard InChI is InChI=1S/C8H17O5P/c1-5-7(13-14(2,3)11)6(4-9)12-8(5)10/h5-10H,4H2,1-3H3/t5-,6+,7?,8+/m0/s1. The molecule has 0 aromatic rings. The fourth-order valence-electron chi connectivity index (χ4n) is 1.49. The van der Waals surface area contributed by atoms with Crippen molar-refractivity contribution in [3.63, 3.8) is 0 Å². The van der Waals surface area contributed by atoms with Gasteiger partial charge in [0.15, 0.2) is 13.7 Å². The SMILES string of the molecule is C[C@H]1C(OP(C)(C)=O)[C@@H](CO)O[C@H]1O. The quantitative estimate of drug-likeness (QED) is 0.672. The van der Waals surface area contributed by atoms with Crippen LogP contribution in [0.25, 0.3) is 0 Å². The molecule has 2 N–H and O–H groups in total. The maximum atomic E-state index is 11.4. The minimum atomic E-state index is -2.63. The molecule has 84 valence electrons. The van der Waals surface area contributed by atoms with E-state index >= 15 is 0 Å². The van der Waals surface area contributed by atoms with Crippen molar-refractivity contribution >= 4 is 7.37 Å². The van der Waals surface area contributed by atoms with E-state index in [4.69, 9.17) is 14.4 Å². The van der Waals surface area contributed by atoms with Crippen LogP contribution in [0.2, 0.25) is 0 Å². The molecule has 1 aliphatic rings. The lowest BCUT2D eigenvalue weighted by molar-refractivity contribution is -0.116. The molecule has 1 saturated heterocycles. The van der Waals surface area contributed by atoms with E-state index in [9.17, 15) is 9.67 Å². The van der Waals surface area contributed by atoms with Gasteiger partial charge in [-0.1, -0.05) is 6.92 Å². The van der Waals surface area contributed by atoms with Gasteiger partial charge in [0.05, 0.1) is 6.61 Å². The number of rotatable bonds is 3.